The lowest BCUT2D eigenvalue weighted by Crippen LogP contribution is -1.86. The third-order valence-electron chi connectivity index (χ3n) is 1.52. The molecule has 0 aliphatic heterocycles. The molecule has 1 rings (SSSR count). The molecule has 1 aromatic rings. The van der Waals surface area contributed by atoms with Crippen LogP contribution >= 0.6 is 0 Å². The maximum atomic E-state index is 12.5. The summed E-state index contributed by atoms with van der Waals surface area (Å²) in [5, 5.41) is 0. The molecule has 0 aromatic heterocycles. The molecule has 0 radical (unpaired) electrons. The van der Waals surface area contributed by atoms with E-state index in [2.05, 4.69) is 27.0 Å². The Hall–Kier alpha value is -1.11. The number of hydrogen-bond donors (Lipinski definition) is 0. The summed E-state index contributed by atoms with van der Waals surface area (Å²) in [7, 11) is 0. The Kier molecular flexibility index (Phi) is 5.02. The fourth-order valence-electron chi connectivity index (χ4n) is 0.866. The predicted molar refractivity (Wildman–Crippen MR) is 51.7 cm³/mol. The minimum absolute atomic E-state index is 0.147. The van der Waals surface area contributed by atoms with E-state index in [-0.39, 0.29) is 5.82 Å². The fraction of sp³-hybridized carbons (Fsp3) is 0.273. The van der Waals surface area contributed by atoms with Crippen molar-refractivity contribution < 1.29 is 4.39 Å². The summed E-state index contributed by atoms with van der Waals surface area (Å²) >= 11 is 0. The molecule has 0 atom stereocenters. The van der Waals surface area contributed by atoms with Crippen LogP contribution in [0.25, 0.3) is 0 Å². The van der Waals surface area contributed by atoms with Crippen LogP contribution in [-0.4, -0.2) is 0 Å². The highest BCUT2D eigenvalue weighted by molar-refractivity contribution is 5.19. The van der Waals surface area contributed by atoms with Crippen LogP contribution in [0.15, 0.2) is 37.4 Å². The van der Waals surface area contributed by atoms with Crippen molar-refractivity contribution in [3.8, 4) is 0 Å². The maximum absolute atomic E-state index is 12.5. The zero-order chi connectivity index (χ0) is 9.56. The van der Waals surface area contributed by atoms with Crippen LogP contribution in [0.1, 0.15) is 25.3 Å². The molecule has 1 heteroatoms. The van der Waals surface area contributed by atoms with Gasteiger partial charge in [-0.2, -0.15) is 0 Å². The van der Waals surface area contributed by atoms with Gasteiger partial charge in [0.1, 0.15) is 5.82 Å². The van der Waals surface area contributed by atoms with Gasteiger partial charge < -0.3 is 0 Å². The summed E-state index contributed by atoms with van der Waals surface area (Å²) in [4.78, 5) is 0. The van der Waals surface area contributed by atoms with Crippen molar-refractivity contribution in [3.05, 3.63) is 48.8 Å². The highest BCUT2D eigenvalue weighted by atomic mass is 19.1. The highest BCUT2D eigenvalue weighted by Crippen LogP contribution is 2.14. The lowest BCUT2D eigenvalue weighted by atomic mass is 10.0. The van der Waals surface area contributed by atoms with Crippen molar-refractivity contribution in [2.75, 3.05) is 0 Å². The van der Waals surface area contributed by atoms with Gasteiger partial charge in [0.05, 0.1) is 0 Å². The van der Waals surface area contributed by atoms with E-state index in [1.807, 2.05) is 6.07 Å². The molecule has 0 N–H and O–H groups in total. The Morgan fingerprint density at radius 3 is 2.17 bits per heavy atom. The van der Waals surface area contributed by atoms with E-state index in [0.717, 1.165) is 5.56 Å². The second-order valence-electron chi connectivity index (χ2n) is 2.71. The smallest absolute Gasteiger partial charge is 0.123 e. The first kappa shape index (κ1) is 10.9. The Bertz CT molecular complexity index is 228. The molecule has 0 nitrogen and oxygen atoms in total. The Morgan fingerprint density at radius 1 is 1.25 bits per heavy atom. The first-order valence-corrected chi connectivity index (χ1v) is 3.95. The van der Waals surface area contributed by atoms with Crippen molar-refractivity contribution in [3.63, 3.8) is 0 Å². The van der Waals surface area contributed by atoms with Crippen LogP contribution in [0.2, 0.25) is 0 Å². The lowest BCUT2D eigenvalue weighted by Gasteiger charge is -2.02. The van der Waals surface area contributed by atoms with Gasteiger partial charge in [0, 0.05) is 0 Å². The average Bonchev–Trinajstić information content (AvgIpc) is 2.08. The van der Waals surface area contributed by atoms with Gasteiger partial charge in [0.15, 0.2) is 0 Å². The molecular formula is C11H15F. The Labute approximate surface area is 73.7 Å². The van der Waals surface area contributed by atoms with E-state index in [1.165, 1.54) is 6.07 Å². The topological polar surface area (TPSA) is 0 Å². The minimum Gasteiger partial charge on any atom is -0.207 e. The van der Waals surface area contributed by atoms with Gasteiger partial charge in [-0.25, -0.2) is 4.39 Å². The molecule has 0 amide bonds. The van der Waals surface area contributed by atoms with Crippen LogP contribution in [0.5, 0.6) is 0 Å². The lowest BCUT2D eigenvalue weighted by molar-refractivity contribution is 0.623. The summed E-state index contributed by atoms with van der Waals surface area (Å²) in [6.07, 6.45) is 0. The first-order valence-electron chi connectivity index (χ1n) is 3.95. The maximum Gasteiger partial charge on any atom is 0.123 e. The second kappa shape index (κ2) is 5.53. The number of benzene rings is 1. The quantitative estimate of drug-likeness (QED) is 0.557. The molecule has 0 fully saturated rings. The minimum atomic E-state index is -0.147. The molecule has 12 heavy (non-hydrogen) atoms. The molecule has 0 heterocycles. The largest absolute Gasteiger partial charge is 0.207 e. The molecule has 0 aliphatic carbocycles. The van der Waals surface area contributed by atoms with Crippen molar-refractivity contribution in [2.24, 2.45) is 0 Å². The second-order valence-corrected chi connectivity index (χ2v) is 2.71. The van der Waals surface area contributed by atoms with Crippen LogP contribution < -0.4 is 0 Å². The molecule has 0 unspecified atom stereocenters. The average molecular weight is 166 g/mol. The van der Waals surface area contributed by atoms with E-state index in [0.29, 0.717) is 5.92 Å². The zero-order valence-electron chi connectivity index (χ0n) is 7.68. The van der Waals surface area contributed by atoms with Gasteiger partial charge in [-0.1, -0.05) is 26.0 Å². The van der Waals surface area contributed by atoms with Crippen LogP contribution in [-0.2, 0) is 0 Å². The highest BCUT2D eigenvalue weighted by Gasteiger charge is 1.97. The van der Waals surface area contributed by atoms with Crippen LogP contribution in [0, 0.1) is 5.82 Å². The summed E-state index contributed by atoms with van der Waals surface area (Å²) in [5.41, 5.74) is 1.06. The van der Waals surface area contributed by atoms with E-state index in [9.17, 15) is 4.39 Å². The monoisotopic (exact) mass is 166 g/mol. The van der Waals surface area contributed by atoms with Crippen molar-refractivity contribution in [1.29, 1.82) is 0 Å². The van der Waals surface area contributed by atoms with E-state index < -0.39 is 0 Å². The van der Waals surface area contributed by atoms with E-state index in [1.54, 1.807) is 12.1 Å². The van der Waals surface area contributed by atoms with Crippen molar-refractivity contribution in [1.82, 2.24) is 0 Å². The van der Waals surface area contributed by atoms with Crippen LogP contribution in [0.4, 0.5) is 4.39 Å². The Balaban J connectivity index is 0.000000561. The third kappa shape index (κ3) is 3.33. The van der Waals surface area contributed by atoms with Gasteiger partial charge in [0.2, 0.25) is 0 Å². The summed E-state index contributed by atoms with van der Waals surface area (Å²) < 4.78 is 12.5. The van der Waals surface area contributed by atoms with Gasteiger partial charge >= 0.3 is 0 Å². The van der Waals surface area contributed by atoms with Crippen molar-refractivity contribution in [2.45, 2.75) is 19.8 Å². The van der Waals surface area contributed by atoms with E-state index >= 15 is 0 Å². The molecule has 1 aromatic carbocycles. The molecule has 0 saturated carbocycles. The Morgan fingerprint density at radius 2 is 1.83 bits per heavy atom. The number of halogens is 1. The van der Waals surface area contributed by atoms with Gasteiger partial charge in [-0.3, -0.25) is 0 Å². The van der Waals surface area contributed by atoms with Gasteiger partial charge in [0.25, 0.3) is 0 Å². The summed E-state index contributed by atoms with van der Waals surface area (Å²) in [6, 6.07) is 6.72. The van der Waals surface area contributed by atoms with Gasteiger partial charge in [-0.05, 0) is 23.6 Å². The van der Waals surface area contributed by atoms with E-state index in [4.69, 9.17) is 0 Å². The number of rotatable bonds is 1. The SMILES string of the molecule is C=C.CC(C)c1cccc(F)c1. The molecule has 0 spiro atoms. The predicted octanol–water partition coefficient (Wildman–Crippen LogP) is 3.75. The summed E-state index contributed by atoms with van der Waals surface area (Å²) in [6.45, 7) is 10.1. The molecule has 0 bridgehead atoms. The summed E-state index contributed by atoms with van der Waals surface area (Å²) in [5.74, 6) is 0.266. The molecule has 0 aliphatic rings. The van der Waals surface area contributed by atoms with Crippen molar-refractivity contribution >= 4 is 0 Å². The number of hydrogen-bond acceptors (Lipinski definition) is 0. The van der Waals surface area contributed by atoms with Gasteiger partial charge in [-0.15, -0.1) is 13.2 Å². The molecule has 0 saturated heterocycles. The first-order chi connectivity index (χ1) is 5.70. The molecule has 66 valence electrons. The fourth-order valence-corrected chi connectivity index (χ4v) is 0.866. The third-order valence-corrected chi connectivity index (χ3v) is 1.52. The van der Waals surface area contributed by atoms with Crippen LogP contribution in [0.3, 0.4) is 0 Å². The normalized spacial score (nSPS) is 9.00. The molecular weight excluding hydrogens is 151 g/mol. The zero-order valence-corrected chi connectivity index (χ0v) is 7.68. The standard InChI is InChI=1S/C9H11F.C2H4/c1-7(2)8-4-3-5-9(10)6-8;1-2/h3-7H,1-2H3;1-2H2.